The van der Waals surface area contributed by atoms with E-state index < -0.39 is 11.9 Å². The van der Waals surface area contributed by atoms with Crippen LogP contribution >= 0.6 is 70.7 Å². The maximum absolute atomic E-state index is 12.9. The summed E-state index contributed by atoms with van der Waals surface area (Å²) in [6, 6.07) is 8.49. The summed E-state index contributed by atoms with van der Waals surface area (Å²) in [6.45, 7) is 0. The second-order valence-electron chi connectivity index (χ2n) is 5.69. The molecule has 0 atom stereocenters. The van der Waals surface area contributed by atoms with E-state index in [4.69, 9.17) is 16.3 Å². The van der Waals surface area contributed by atoms with Crippen molar-refractivity contribution in [3.63, 3.8) is 0 Å². The molecule has 0 spiro atoms. The smallest absolute Gasteiger partial charge is 0.339 e. The van der Waals surface area contributed by atoms with Gasteiger partial charge in [-0.15, -0.1) is 11.3 Å². The van der Waals surface area contributed by atoms with Crippen LogP contribution in [0.2, 0.25) is 5.02 Å². The Balaban J connectivity index is 2.03. The number of ether oxygens (including phenoxy) is 1. The lowest BCUT2D eigenvalue weighted by molar-refractivity contribution is 0.0699. The van der Waals surface area contributed by atoms with E-state index in [1.54, 1.807) is 35.7 Å². The van der Waals surface area contributed by atoms with Gasteiger partial charge >= 0.3 is 5.97 Å². The number of carboxylic acid groups (broad SMARTS) is 1. The van der Waals surface area contributed by atoms with Gasteiger partial charge in [0.25, 0.3) is 5.91 Å². The number of carboxylic acids is 1. The number of nitrogens with one attached hydrogen (secondary N) is 1. The molecule has 3 rings (SSSR count). The molecule has 2 aromatic carbocycles. The number of anilines is 1. The number of aromatic carboxylic acids is 1. The Morgan fingerprint density at radius 3 is 2.52 bits per heavy atom. The van der Waals surface area contributed by atoms with E-state index in [0.29, 0.717) is 35.3 Å². The van der Waals surface area contributed by atoms with Crippen molar-refractivity contribution >= 4 is 87.6 Å². The van der Waals surface area contributed by atoms with E-state index in [0.717, 1.165) is 11.3 Å². The van der Waals surface area contributed by atoms with Crippen molar-refractivity contribution in [1.29, 1.82) is 0 Å². The summed E-state index contributed by atoms with van der Waals surface area (Å²) in [5.41, 5.74) is 1.42. The third-order valence-electron chi connectivity index (χ3n) is 3.93. The number of halogens is 4. The Kier molecular flexibility index (Phi) is 7.06. The van der Waals surface area contributed by atoms with Crippen molar-refractivity contribution in [3.8, 4) is 16.9 Å². The molecule has 3 aromatic rings. The molecular formula is C19H11Br3ClNO4S. The minimum absolute atomic E-state index is 0.00452. The number of carbonyl (C=O) groups is 2. The Labute approximate surface area is 200 Å². The quantitative estimate of drug-likeness (QED) is 0.292. The zero-order chi connectivity index (χ0) is 21.3. The summed E-state index contributed by atoms with van der Waals surface area (Å²) in [6.07, 6.45) is 0. The largest absolute Gasteiger partial charge is 0.494 e. The lowest BCUT2D eigenvalue weighted by atomic mass is 10.0. The Morgan fingerprint density at radius 1 is 1.17 bits per heavy atom. The average Bonchev–Trinajstić information content (AvgIpc) is 3.09. The topological polar surface area (TPSA) is 75.6 Å². The molecule has 10 heteroatoms. The summed E-state index contributed by atoms with van der Waals surface area (Å²) in [7, 11) is 1.48. The van der Waals surface area contributed by atoms with E-state index in [9.17, 15) is 14.7 Å². The molecule has 0 aliphatic rings. The highest BCUT2D eigenvalue weighted by Crippen LogP contribution is 2.42. The first-order valence-corrected chi connectivity index (χ1v) is 11.5. The highest BCUT2D eigenvalue weighted by atomic mass is 79.9. The minimum Gasteiger partial charge on any atom is -0.494 e. The molecule has 150 valence electrons. The van der Waals surface area contributed by atoms with Gasteiger partial charge in [0.1, 0.15) is 16.3 Å². The van der Waals surface area contributed by atoms with Crippen molar-refractivity contribution in [2.75, 3.05) is 12.4 Å². The predicted octanol–water partition coefficient (Wildman–Crippen LogP) is 7.32. The Bertz CT molecular complexity index is 1130. The van der Waals surface area contributed by atoms with Crippen LogP contribution in [0.5, 0.6) is 5.75 Å². The number of carbonyl (C=O) groups excluding carboxylic acids is 1. The molecule has 5 nitrogen and oxygen atoms in total. The molecule has 0 unspecified atom stereocenters. The molecule has 0 saturated heterocycles. The molecule has 29 heavy (non-hydrogen) atoms. The number of benzene rings is 2. The van der Waals surface area contributed by atoms with Gasteiger partial charge in [-0.05, 0) is 71.6 Å². The van der Waals surface area contributed by atoms with Gasteiger partial charge in [-0.2, -0.15) is 0 Å². The first-order chi connectivity index (χ1) is 13.7. The fraction of sp³-hybridized carbons (Fsp3) is 0.0526. The number of thiophene rings is 1. The number of rotatable bonds is 5. The molecule has 0 aliphatic carbocycles. The third-order valence-corrected chi connectivity index (χ3v) is 7.79. The third kappa shape index (κ3) is 4.54. The van der Waals surface area contributed by atoms with Crippen molar-refractivity contribution in [3.05, 3.63) is 65.3 Å². The number of amides is 1. The van der Waals surface area contributed by atoms with Gasteiger partial charge in [-0.3, -0.25) is 4.79 Å². The summed E-state index contributed by atoms with van der Waals surface area (Å²) in [5, 5.41) is 14.8. The zero-order valence-electron chi connectivity index (χ0n) is 14.6. The average molecular weight is 625 g/mol. The summed E-state index contributed by atoms with van der Waals surface area (Å²) < 4.78 is 7.03. The number of methoxy groups -OCH3 is 1. The second-order valence-corrected chi connectivity index (χ2v) is 9.45. The second kappa shape index (κ2) is 9.18. The SMILES string of the molecule is COc1c(Br)c(Br)cc(C(=O)Nc2scc(-c3cccc(Cl)c3)c2C(=O)O)c1Br. The van der Waals surface area contributed by atoms with Gasteiger partial charge in [0.15, 0.2) is 0 Å². The maximum atomic E-state index is 12.9. The van der Waals surface area contributed by atoms with Crippen LogP contribution < -0.4 is 10.1 Å². The van der Waals surface area contributed by atoms with Crippen LogP contribution in [0.15, 0.2) is 49.1 Å². The van der Waals surface area contributed by atoms with Crippen LogP contribution in [0.25, 0.3) is 11.1 Å². The molecule has 0 fully saturated rings. The molecule has 0 bridgehead atoms. The van der Waals surface area contributed by atoms with Gasteiger partial charge in [0.05, 0.1) is 21.6 Å². The Morgan fingerprint density at radius 2 is 1.90 bits per heavy atom. The first kappa shape index (κ1) is 22.3. The lowest BCUT2D eigenvalue weighted by Gasteiger charge is -2.13. The van der Waals surface area contributed by atoms with Crippen LogP contribution in [0.4, 0.5) is 5.00 Å². The van der Waals surface area contributed by atoms with E-state index >= 15 is 0 Å². The standard InChI is InChI=1S/C19H11Br3ClNO4S/c1-28-16-14(21)10(6-12(20)15(16)22)17(25)24-18-13(19(26)27)11(7-29-18)8-3-2-4-9(23)5-8/h2-7H,1H3,(H,24,25)(H,26,27). The summed E-state index contributed by atoms with van der Waals surface area (Å²) >= 11 is 17.3. The van der Waals surface area contributed by atoms with Crippen LogP contribution in [-0.2, 0) is 0 Å². The van der Waals surface area contributed by atoms with E-state index in [2.05, 4.69) is 53.1 Å². The van der Waals surface area contributed by atoms with Crippen molar-refractivity contribution < 1.29 is 19.4 Å². The summed E-state index contributed by atoms with van der Waals surface area (Å²) in [4.78, 5) is 24.8. The fourth-order valence-corrected chi connectivity index (χ4v) is 5.58. The van der Waals surface area contributed by atoms with Crippen molar-refractivity contribution in [2.45, 2.75) is 0 Å². The number of hydrogen-bond acceptors (Lipinski definition) is 4. The monoisotopic (exact) mass is 621 g/mol. The summed E-state index contributed by atoms with van der Waals surface area (Å²) in [5.74, 6) is -1.19. The van der Waals surface area contributed by atoms with E-state index in [-0.39, 0.29) is 16.1 Å². The van der Waals surface area contributed by atoms with Crippen LogP contribution in [0.1, 0.15) is 20.7 Å². The predicted molar refractivity (Wildman–Crippen MR) is 126 cm³/mol. The zero-order valence-corrected chi connectivity index (χ0v) is 20.9. The first-order valence-electron chi connectivity index (χ1n) is 7.88. The molecule has 1 amide bonds. The highest BCUT2D eigenvalue weighted by Gasteiger charge is 2.24. The van der Waals surface area contributed by atoms with Crippen LogP contribution in [-0.4, -0.2) is 24.1 Å². The molecule has 0 aliphatic heterocycles. The van der Waals surface area contributed by atoms with Crippen LogP contribution in [0.3, 0.4) is 0 Å². The van der Waals surface area contributed by atoms with Gasteiger partial charge < -0.3 is 15.2 Å². The van der Waals surface area contributed by atoms with Gasteiger partial charge in [-0.1, -0.05) is 23.7 Å². The van der Waals surface area contributed by atoms with E-state index in [1.165, 1.54) is 7.11 Å². The number of hydrogen-bond donors (Lipinski definition) is 2. The minimum atomic E-state index is -1.15. The maximum Gasteiger partial charge on any atom is 0.339 e. The molecule has 0 saturated carbocycles. The van der Waals surface area contributed by atoms with E-state index in [1.807, 2.05) is 0 Å². The molecule has 1 aromatic heterocycles. The van der Waals surface area contributed by atoms with Gasteiger partial charge in [-0.25, -0.2) is 4.79 Å². The van der Waals surface area contributed by atoms with Crippen molar-refractivity contribution in [2.24, 2.45) is 0 Å². The van der Waals surface area contributed by atoms with Gasteiger partial charge in [0.2, 0.25) is 0 Å². The Hall–Kier alpha value is -1.39. The van der Waals surface area contributed by atoms with Gasteiger partial charge in [0, 0.05) is 20.4 Å². The molecule has 0 radical (unpaired) electrons. The fourth-order valence-electron chi connectivity index (χ4n) is 2.63. The normalized spacial score (nSPS) is 10.7. The molecule has 2 N–H and O–H groups in total. The molecule has 1 heterocycles. The molecular weight excluding hydrogens is 613 g/mol. The highest BCUT2D eigenvalue weighted by molar-refractivity contribution is 9.13. The lowest BCUT2D eigenvalue weighted by Crippen LogP contribution is -2.14. The van der Waals surface area contributed by atoms with Crippen LogP contribution in [0, 0.1) is 0 Å². The van der Waals surface area contributed by atoms with Crippen molar-refractivity contribution in [1.82, 2.24) is 0 Å².